The van der Waals surface area contributed by atoms with E-state index in [4.69, 9.17) is 9.15 Å². The van der Waals surface area contributed by atoms with E-state index >= 15 is 0 Å². The van der Waals surface area contributed by atoms with Crippen LogP contribution in [-0.4, -0.2) is 29.4 Å². The zero-order valence-corrected chi connectivity index (χ0v) is 9.03. The van der Waals surface area contributed by atoms with E-state index in [0.717, 1.165) is 19.0 Å². The van der Waals surface area contributed by atoms with E-state index in [9.17, 15) is 0 Å². The molecular formula is C10H17N3O2. The average molecular weight is 211 g/mol. The van der Waals surface area contributed by atoms with E-state index in [1.807, 2.05) is 6.92 Å². The molecule has 15 heavy (non-hydrogen) atoms. The molecule has 1 aliphatic carbocycles. The van der Waals surface area contributed by atoms with Gasteiger partial charge in [-0.2, -0.15) is 0 Å². The van der Waals surface area contributed by atoms with E-state index in [-0.39, 0.29) is 0 Å². The number of rotatable bonds is 7. The van der Waals surface area contributed by atoms with Crippen LogP contribution in [0.2, 0.25) is 0 Å². The summed E-state index contributed by atoms with van der Waals surface area (Å²) in [6, 6.07) is 0.732. The van der Waals surface area contributed by atoms with Crippen molar-refractivity contribution in [1.29, 1.82) is 0 Å². The molecule has 1 aromatic heterocycles. The normalized spacial score (nSPS) is 15.8. The first-order chi connectivity index (χ1) is 7.38. The molecule has 0 spiro atoms. The fourth-order valence-electron chi connectivity index (χ4n) is 1.31. The summed E-state index contributed by atoms with van der Waals surface area (Å²) < 4.78 is 10.6. The second kappa shape index (κ2) is 5.23. The van der Waals surface area contributed by atoms with Gasteiger partial charge in [-0.15, -0.1) is 10.2 Å². The van der Waals surface area contributed by atoms with Crippen LogP contribution in [0.5, 0.6) is 0 Å². The Kier molecular flexibility index (Phi) is 3.69. The van der Waals surface area contributed by atoms with Crippen molar-refractivity contribution in [1.82, 2.24) is 15.5 Å². The van der Waals surface area contributed by atoms with Crippen LogP contribution in [0.3, 0.4) is 0 Å². The number of nitrogens with one attached hydrogen (secondary N) is 1. The van der Waals surface area contributed by atoms with Crippen molar-refractivity contribution in [2.24, 2.45) is 0 Å². The van der Waals surface area contributed by atoms with Gasteiger partial charge in [-0.3, -0.25) is 0 Å². The van der Waals surface area contributed by atoms with Gasteiger partial charge in [0.2, 0.25) is 11.8 Å². The Balaban J connectivity index is 1.68. The maximum absolute atomic E-state index is 5.40. The van der Waals surface area contributed by atoms with Gasteiger partial charge >= 0.3 is 0 Å². The maximum atomic E-state index is 5.40. The molecule has 84 valence electrons. The van der Waals surface area contributed by atoms with Gasteiger partial charge < -0.3 is 14.5 Å². The van der Waals surface area contributed by atoms with Gasteiger partial charge in [0.25, 0.3) is 0 Å². The number of hydrogen-bond acceptors (Lipinski definition) is 5. The Hall–Kier alpha value is -0.940. The molecule has 0 aliphatic heterocycles. The Morgan fingerprint density at radius 2 is 2.20 bits per heavy atom. The first-order valence-corrected chi connectivity index (χ1v) is 5.51. The molecule has 1 heterocycles. The number of hydrogen-bond donors (Lipinski definition) is 1. The third kappa shape index (κ3) is 3.60. The van der Waals surface area contributed by atoms with E-state index in [0.29, 0.717) is 25.0 Å². The van der Waals surface area contributed by atoms with Gasteiger partial charge in [0.15, 0.2) is 0 Å². The SMILES string of the molecule is CCOCc1nnc(CCNC2CC2)o1. The van der Waals surface area contributed by atoms with Crippen molar-refractivity contribution in [3.8, 4) is 0 Å². The number of nitrogens with zero attached hydrogens (tertiary/aromatic N) is 2. The van der Waals surface area contributed by atoms with Crippen molar-refractivity contribution in [2.75, 3.05) is 13.2 Å². The Morgan fingerprint density at radius 3 is 2.93 bits per heavy atom. The number of aromatic nitrogens is 2. The highest BCUT2D eigenvalue weighted by Gasteiger charge is 2.20. The molecule has 0 amide bonds. The fourth-order valence-corrected chi connectivity index (χ4v) is 1.31. The largest absolute Gasteiger partial charge is 0.423 e. The van der Waals surface area contributed by atoms with Crippen molar-refractivity contribution < 1.29 is 9.15 Å². The zero-order chi connectivity index (χ0) is 10.5. The van der Waals surface area contributed by atoms with E-state index in [1.54, 1.807) is 0 Å². The molecule has 1 fully saturated rings. The lowest BCUT2D eigenvalue weighted by Gasteiger charge is -1.97. The highest BCUT2D eigenvalue weighted by Crippen LogP contribution is 2.18. The van der Waals surface area contributed by atoms with E-state index in [2.05, 4.69) is 15.5 Å². The first kappa shape index (κ1) is 10.6. The van der Waals surface area contributed by atoms with Crippen LogP contribution in [0.4, 0.5) is 0 Å². The van der Waals surface area contributed by atoms with Gasteiger partial charge in [-0.1, -0.05) is 0 Å². The second-order valence-corrected chi connectivity index (χ2v) is 3.71. The predicted octanol–water partition coefficient (Wildman–Crippen LogP) is 0.901. The molecule has 0 bridgehead atoms. The Bertz CT molecular complexity index is 297. The van der Waals surface area contributed by atoms with Gasteiger partial charge in [-0.25, -0.2) is 0 Å². The topological polar surface area (TPSA) is 60.2 Å². The molecule has 0 atom stereocenters. The average Bonchev–Trinajstić information content (AvgIpc) is 2.95. The van der Waals surface area contributed by atoms with Crippen LogP contribution in [0.25, 0.3) is 0 Å². The van der Waals surface area contributed by atoms with Crippen LogP contribution in [0.1, 0.15) is 31.5 Å². The monoisotopic (exact) mass is 211 g/mol. The second-order valence-electron chi connectivity index (χ2n) is 3.71. The zero-order valence-electron chi connectivity index (χ0n) is 9.03. The molecular weight excluding hydrogens is 194 g/mol. The molecule has 2 rings (SSSR count). The van der Waals surface area contributed by atoms with Crippen LogP contribution in [0, 0.1) is 0 Å². The van der Waals surface area contributed by atoms with E-state index in [1.165, 1.54) is 12.8 Å². The smallest absolute Gasteiger partial charge is 0.242 e. The highest BCUT2D eigenvalue weighted by atomic mass is 16.5. The highest BCUT2D eigenvalue weighted by molar-refractivity contribution is 4.85. The molecule has 5 nitrogen and oxygen atoms in total. The summed E-state index contributed by atoms with van der Waals surface area (Å²) in [6.45, 7) is 3.94. The van der Waals surface area contributed by atoms with Crippen molar-refractivity contribution in [2.45, 2.75) is 38.8 Å². The third-order valence-corrected chi connectivity index (χ3v) is 2.29. The van der Waals surface area contributed by atoms with Crippen LogP contribution in [0.15, 0.2) is 4.42 Å². The molecule has 1 aromatic rings. The summed E-state index contributed by atoms with van der Waals surface area (Å²) in [5, 5.41) is 11.2. The number of ether oxygens (including phenoxy) is 1. The summed E-state index contributed by atoms with van der Waals surface area (Å²) in [5.74, 6) is 1.26. The minimum Gasteiger partial charge on any atom is -0.423 e. The van der Waals surface area contributed by atoms with Gasteiger partial charge in [0.05, 0.1) is 0 Å². The lowest BCUT2D eigenvalue weighted by Crippen LogP contribution is -2.19. The lowest BCUT2D eigenvalue weighted by molar-refractivity contribution is 0.113. The minimum absolute atomic E-state index is 0.416. The van der Waals surface area contributed by atoms with Crippen LogP contribution >= 0.6 is 0 Å². The molecule has 1 saturated carbocycles. The maximum Gasteiger partial charge on any atom is 0.242 e. The predicted molar refractivity (Wildman–Crippen MR) is 54.4 cm³/mol. The summed E-state index contributed by atoms with van der Waals surface area (Å²) in [4.78, 5) is 0. The van der Waals surface area contributed by atoms with Gasteiger partial charge in [0.1, 0.15) is 6.61 Å². The van der Waals surface area contributed by atoms with Gasteiger partial charge in [0, 0.05) is 25.6 Å². The fraction of sp³-hybridized carbons (Fsp3) is 0.800. The van der Waals surface area contributed by atoms with Crippen molar-refractivity contribution in [3.05, 3.63) is 11.8 Å². The first-order valence-electron chi connectivity index (χ1n) is 5.51. The van der Waals surface area contributed by atoms with E-state index < -0.39 is 0 Å². The third-order valence-electron chi connectivity index (χ3n) is 2.29. The standard InChI is InChI=1S/C10H17N3O2/c1-2-14-7-10-13-12-9(15-10)5-6-11-8-3-4-8/h8,11H,2-7H2,1H3. The van der Waals surface area contributed by atoms with Crippen LogP contribution in [-0.2, 0) is 17.8 Å². The van der Waals surface area contributed by atoms with Gasteiger partial charge in [-0.05, 0) is 19.8 Å². The molecule has 1 aliphatic rings. The molecule has 1 N–H and O–H groups in total. The summed E-state index contributed by atoms with van der Waals surface area (Å²) in [6.07, 6.45) is 3.41. The Labute approximate surface area is 89.2 Å². The molecule has 0 radical (unpaired) electrons. The Morgan fingerprint density at radius 1 is 1.40 bits per heavy atom. The quantitative estimate of drug-likeness (QED) is 0.726. The van der Waals surface area contributed by atoms with Crippen LogP contribution < -0.4 is 5.32 Å². The summed E-state index contributed by atoms with van der Waals surface area (Å²) in [7, 11) is 0. The van der Waals surface area contributed by atoms with Crippen molar-refractivity contribution in [3.63, 3.8) is 0 Å². The lowest BCUT2D eigenvalue weighted by atomic mass is 10.4. The molecule has 0 aromatic carbocycles. The molecule has 5 heteroatoms. The molecule has 0 saturated heterocycles. The molecule has 0 unspecified atom stereocenters. The van der Waals surface area contributed by atoms with Crippen molar-refractivity contribution >= 4 is 0 Å². The minimum atomic E-state index is 0.416. The summed E-state index contributed by atoms with van der Waals surface area (Å²) >= 11 is 0. The summed E-state index contributed by atoms with van der Waals surface area (Å²) in [5.41, 5.74) is 0.